The van der Waals surface area contributed by atoms with Crippen LogP contribution in [0.4, 0.5) is 4.79 Å². The SMILES string of the molecule is C[C@@H]1CCC[N+]1(CC(N)CN(C)C(=O)CNC(CCc1ccccc1)C(=O)O)C(=O)O. The summed E-state index contributed by atoms with van der Waals surface area (Å²) in [4.78, 5) is 37.3. The molecule has 9 heteroatoms. The monoisotopic (exact) mass is 435 g/mol. The molecule has 0 radical (unpaired) electrons. The van der Waals surface area contributed by atoms with Crippen LogP contribution in [0.1, 0.15) is 31.7 Å². The van der Waals surface area contributed by atoms with Crippen molar-refractivity contribution in [3.05, 3.63) is 35.9 Å². The van der Waals surface area contributed by atoms with E-state index in [4.69, 9.17) is 5.73 Å². The van der Waals surface area contributed by atoms with Crippen molar-refractivity contribution in [2.75, 3.05) is 33.2 Å². The lowest BCUT2D eigenvalue weighted by atomic mass is 10.1. The summed E-state index contributed by atoms with van der Waals surface area (Å²) in [5, 5.41) is 22.0. The van der Waals surface area contributed by atoms with Gasteiger partial charge in [0.2, 0.25) is 5.91 Å². The second-order valence-corrected chi connectivity index (χ2v) is 8.54. The number of likely N-dealkylation sites (N-methyl/N-ethyl adjacent to an activating group) is 1. The van der Waals surface area contributed by atoms with Gasteiger partial charge in [-0.15, -0.1) is 0 Å². The van der Waals surface area contributed by atoms with E-state index in [1.807, 2.05) is 37.3 Å². The Morgan fingerprint density at radius 2 is 1.94 bits per heavy atom. The van der Waals surface area contributed by atoms with Crippen molar-refractivity contribution in [1.29, 1.82) is 0 Å². The molecule has 31 heavy (non-hydrogen) atoms. The molecule has 1 heterocycles. The number of nitrogens with one attached hydrogen (secondary N) is 1. The van der Waals surface area contributed by atoms with Crippen LogP contribution >= 0.6 is 0 Å². The van der Waals surface area contributed by atoms with Crippen LogP contribution in [0.3, 0.4) is 0 Å². The van der Waals surface area contributed by atoms with Gasteiger partial charge in [-0.1, -0.05) is 30.3 Å². The first kappa shape index (κ1) is 24.8. The number of rotatable bonds is 11. The summed E-state index contributed by atoms with van der Waals surface area (Å²) in [5.41, 5.74) is 7.24. The highest BCUT2D eigenvalue weighted by Gasteiger charge is 2.47. The van der Waals surface area contributed by atoms with Crippen LogP contribution in [0, 0.1) is 0 Å². The Morgan fingerprint density at radius 1 is 1.26 bits per heavy atom. The van der Waals surface area contributed by atoms with E-state index in [-0.39, 0.29) is 36.1 Å². The molecule has 1 aromatic carbocycles. The number of carboxylic acid groups (broad SMARTS) is 2. The number of aryl methyl sites for hydroxylation is 1. The first-order valence-electron chi connectivity index (χ1n) is 10.8. The Labute approximate surface area is 183 Å². The van der Waals surface area contributed by atoms with E-state index in [2.05, 4.69) is 5.32 Å². The average Bonchev–Trinajstić information content (AvgIpc) is 3.09. The zero-order valence-corrected chi connectivity index (χ0v) is 18.4. The third-order valence-electron chi connectivity index (χ3n) is 6.26. The van der Waals surface area contributed by atoms with Crippen molar-refractivity contribution in [2.45, 2.75) is 50.7 Å². The highest BCUT2D eigenvalue weighted by Crippen LogP contribution is 2.27. The minimum Gasteiger partial charge on any atom is -0.480 e. The Balaban J connectivity index is 1.83. The van der Waals surface area contributed by atoms with Crippen molar-refractivity contribution in [1.82, 2.24) is 10.2 Å². The van der Waals surface area contributed by atoms with Gasteiger partial charge in [0.05, 0.1) is 25.2 Å². The fourth-order valence-corrected chi connectivity index (χ4v) is 4.31. The summed E-state index contributed by atoms with van der Waals surface area (Å²) in [5.74, 6) is -1.28. The van der Waals surface area contributed by atoms with Crippen LogP contribution in [0.15, 0.2) is 30.3 Å². The molecule has 0 spiro atoms. The van der Waals surface area contributed by atoms with Crippen molar-refractivity contribution >= 4 is 18.0 Å². The normalized spacial score (nSPS) is 22.6. The number of nitrogens with zero attached hydrogens (tertiary/aromatic N) is 2. The molecular weight excluding hydrogens is 400 g/mol. The Morgan fingerprint density at radius 3 is 2.48 bits per heavy atom. The number of benzene rings is 1. The van der Waals surface area contributed by atoms with E-state index >= 15 is 0 Å². The number of nitrogens with two attached hydrogens (primary N) is 1. The molecule has 9 nitrogen and oxygen atoms in total. The van der Waals surface area contributed by atoms with Crippen LogP contribution in [0.2, 0.25) is 0 Å². The number of aliphatic carboxylic acids is 1. The molecule has 0 aromatic heterocycles. The third-order valence-corrected chi connectivity index (χ3v) is 6.26. The number of hydrogen-bond donors (Lipinski definition) is 4. The number of quaternary nitrogens is 1. The predicted molar refractivity (Wildman–Crippen MR) is 117 cm³/mol. The molecule has 2 rings (SSSR count). The molecule has 3 unspecified atom stereocenters. The number of hydrogen-bond acceptors (Lipinski definition) is 5. The summed E-state index contributed by atoms with van der Waals surface area (Å²) in [7, 11) is 1.60. The Kier molecular flexibility index (Phi) is 8.97. The molecule has 0 aliphatic carbocycles. The largest absolute Gasteiger partial charge is 0.513 e. The first-order valence-corrected chi connectivity index (χ1v) is 10.8. The van der Waals surface area contributed by atoms with E-state index in [0.29, 0.717) is 19.4 Å². The minimum absolute atomic E-state index is 0.00726. The van der Waals surface area contributed by atoms with Gasteiger partial charge in [0.15, 0.2) is 0 Å². The number of carbonyl (C=O) groups is 3. The fraction of sp³-hybridized carbons (Fsp3) is 0.591. The minimum atomic E-state index is -1.00. The van der Waals surface area contributed by atoms with Gasteiger partial charge in [0, 0.05) is 26.4 Å². The summed E-state index contributed by atoms with van der Waals surface area (Å²) in [6.45, 7) is 2.82. The maximum absolute atomic E-state index is 12.5. The Bertz CT molecular complexity index is 760. The number of amides is 2. The topological polar surface area (TPSA) is 133 Å². The summed E-state index contributed by atoms with van der Waals surface area (Å²) < 4.78 is -0.0674. The molecule has 1 fully saturated rings. The molecule has 1 saturated heterocycles. The molecular formula is C22H35N4O5+. The number of carboxylic acids is 1. The van der Waals surface area contributed by atoms with E-state index < -0.39 is 24.1 Å². The lowest BCUT2D eigenvalue weighted by Gasteiger charge is -2.35. The van der Waals surface area contributed by atoms with E-state index in [0.717, 1.165) is 18.4 Å². The van der Waals surface area contributed by atoms with Gasteiger partial charge in [-0.2, -0.15) is 4.79 Å². The summed E-state index contributed by atoms with van der Waals surface area (Å²) in [6.07, 6.45) is 1.77. The van der Waals surface area contributed by atoms with Crippen molar-refractivity contribution in [3.8, 4) is 0 Å². The maximum Gasteiger partial charge on any atom is 0.513 e. The lowest BCUT2D eigenvalue weighted by molar-refractivity contribution is -0.868. The van der Waals surface area contributed by atoms with Gasteiger partial charge in [-0.3, -0.25) is 14.9 Å². The first-order chi connectivity index (χ1) is 14.7. The van der Waals surface area contributed by atoms with E-state index in [1.54, 1.807) is 7.05 Å². The van der Waals surface area contributed by atoms with Crippen LogP contribution < -0.4 is 11.1 Å². The van der Waals surface area contributed by atoms with Gasteiger partial charge in [0.1, 0.15) is 12.6 Å². The van der Waals surface area contributed by atoms with Crippen LogP contribution in [0.25, 0.3) is 0 Å². The molecule has 2 amide bonds. The molecule has 4 atom stereocenters. The Hall–Kier alpha value is -2.49. The molecule has 1 aromatic rings. The van der Waals surface area contributed by atoms with Gasteiger partial charge >= 0.3 is 12.1 Å². The zero-order valence-electron chi connectivity index (χ0n) is 18.4. The van der Waals surface area contributed by atoms with Crippen LogP contribution in [0.5, 0.6) is 0 Å². The van der Waals surface area contributed by atoms with E-state index in [1.165, 1.54) is 4.90 Å². The predicted octanol–water partition coefficient (Wildman–Crippen LogP) is 1.12. The highest BCUT2D eigenvalue weighted by molar-refractivity contribution is 5.79. The third kappa shape index (κ3) is 6.75. The second-order valence-electron chi connectivity index (χ2n) is 8.54. The lowest BCUT2D eigenvalue weighted by Crippen LogP contribution is -2.61. The van der Waals surface area contributed by atoms with Crippen molar-refractivity contribution in [2.24, 2.45) is 5.73 Å². The van der Waals surface area contributed by atoms with Gasteiger partial charge < -0.3 is 20.8 Å². The van der Waals surface area contributed by atoms with Gasteiger partial charge in [-0.25, -0.2) is 4.48 Å². The fourth-order valence-electron chi connectivity index (χ4n) is 4.31. The molecule has 5 N–H and O–H groups in total. The molecule has 1 aliphatic rings. The number of carbonyl (C=O) groups excluding carboxylic acids is 1. The van der Waals surface area contributed by atoms with Crippen LogP contribution in [-0.2, 0) is 16.0 Å². The standard InChI is InChI=1S/C22H34N4O5/c1-16-7-6-12-26(16,22(30)31)15-18(23)14-25(2)20(27)13-24-19(21(28)29)11-10-17-8-4-3-5-9-17/h3-5,8-9,16,18-19,24H,6-7,10-15,23H2,1-2H3,(H-,28,29,30,31)/p+1/t16-,18?,19?,26?/m1/s1. The van der Waals surface area contributed by atoms with Crippen molar-refractivity contribution < 1.29 is 29.1 Å². The van der Waals surface area contributed by atoms with E-state index in [9.17, 15) is 24.6 Å². The van der Waals surface area contributed by atoms with Crippen LogP contribution in [-0.4, -0.2) is 88.9 Å². The molecule has 0 bridgehead atoms. The molecule has 172 valence electrons. The average molecular weight is 436 g/mol. The maximum atomic E-state index is 12.5. The molecule has 1 aliphatic heterocycles. The smallest absolute Gasteiger partial charge is 0.480 e. The quantitative estimate of drug-likeness (QED) is 0.383. The highest BCUT2D eigenvalue weighted by atomic mass is 16.4. The molecule has 0 saturated carbocycles. The summed E-state index contributed by atoms with van der Waals surface area (Å²) in [6, 6.07) is 8.25. The van der Waals surface area contributed by atoms with Gasteiger partial charge in [-0.05, 0) is 25.3 Å². The summed E-state index contributed by atoms with van der Waals surface area (Å²) >= 11 is 0. The second kappa shape index (κ2) is 11.2. The van der Waals surface area contributed by atoms with Gasteiger partial charge in [0.25, 0.3) is 0 Å². The number of likely N-dealkylation sites (tertiary alicyclic amines) is 1. The van der Waals surface area contributed by atoms with Crippen molar-refractivity contribution in [3.63, 3.8) is 0 Å². The zero-order chi connectivity index (χ0) is 23.0.